The lowest BCUT2D eigenvalue weighted by Crippen LogP contribution is -2.34. The van der Waals surface area contributed by atoms with E-state index in [4.69, 9.17) is 4.74 Å². The van der Waals surface area contributed by atoms with E-state index in [-0.39, 0.29) is 11.7 Å². The van der Waals surface area contributed by atoms with E-state index in [1.807, 2.05) is 50.1 Å². The van der Waals surface area contributed by atoms with Gasteiger partial charge in [-0.3, -0.25) is 9.48 Å². The molecule has 3 heterocycles. The summed E-state index contributed by atoms with van der Waals surface area (Å²) < 4.78 is 9.59. The summed E-state index contributed by atoms with van der Waals surface area (Å²) in [7, 11) is 3.77. The first kappa shape index (κ1) is 16.9. The van der Waals surface area contributed by atoms with Crippen LogP contribution in [0, 0.1) is 12.8 Å². The zero-order valence-electron chi connectivity index (χ0n) is 14.7. The Morgan fingerprint density at radius 1 is 1.33 bits per heavy atom. The van der Waals surface area contributed by atoms with Gasteiger partial charge in [0.05, 0.1) is 5.69 Å². The summed E-state index contributed by atoms with van der Waals surface area (Å²) in [6.45, 7) is 4.15. The van der Waals surface area contributed by atoms with Crippen molar-refractivity contribution >= 4 is 0 Å². The fourth-order valence-electron chi connectivity index (χ4n) is 3.35. The highest BCUT2D eigenvalue weighted by Crippen LogP contribution is 2.32. The van der Waals surface area contributed by atoms with E-state index in [0.29, 0.717) is 12.5 Å². The van der Waals surface area contributed by atoms with E-state index in [2.05, 4.69) is 10.4 Å². The molecule has 0 aromatic carbocycles. The van der Waals surface area contributed by atoms with Gasteiger partial charge in [-0.1, -0.05) is 6.07 Å². The monoisotopic (exact) mass is 330 g/mol. The first-order valence-electron chi connectivity index (χ1n) is 8.53. The Bertz CT molecular complexity index is 750. The highest BCUT2D eigenvalue weighted by atomic mass is 16.5. The summed E-state index contributed by atoms with van der Waals surface area (Å²) in [6, 6.07) is 5.93. The number of nitrogens with one attached hydrogen (secondary N) is 1. The maximum absolute atomic E-state index is 12.3. The first-order valence-corrected chi connectivity index (χ1v) is 8.53. The SMILES string of the molecule is Cc1ccc(CNC[C@@H]2CCCO[C@H]2c2ccnn2C)c(=O)n1C. The van der Waals surface area contributed by atoms with Crippen LogP contribution in [0.25, 0.3) is 0 Å². The molecule has 2 aromatic rings. The van der Waals surface area contributed by atoms with Gasteiger partial charge in [0.25, 0.3) is 5.56 Å². The number of hydrogen-bond acceptors (Lipinski definition) is 4. The average Bonchev–Trinajstić information content (AvgIpc) is 3.01. The van der Waals surface area contributed by atoms with Crippen LogP contribution in [0.1, 0.15) is 35.9 Å². The molecule has 3 rings (SSSR count). The Hall–Kier alpha value is -1.92. The Balaban J connectivity index is 1.64. The van der Waals surface area contributed by atoms with Crippen molar-refractivity contribution in [1.29, 1.82) is 0 Å². The van der Waals surface area contributed by atoms with Crippen LogP contribution >= 0.6 is 0 Å². The van der Waals surface area contributed by atoms with Crippen LogP contribution in [0.4, 0.5) is 0 Å². The lowest BCUT2D eigenvalue weighted by Gasteiger charge is -2.32. The van der Waals surface area contributed by atoms with Crippen molar-refractivity contribution in [2.45, 2.75) is 32.4 Å². The summed E-state index contributed by atoms with van der Waals surface area (Å²) in [4.78, 5) is 12.3. The van der Waals surface area contributed by atoms with Gasteiger partial charge < -0.3 is 14.6 Å². The fourth-order valence-corrected chi connectivity index (χ4v) is 3.35. The molecule has 0 aliphatic carbocycles. The van der Waals surface area contributed by atoms with E-state index >= 15 is 0 Å². The summed E-state index contributed by atoms with van der Waals surface area (Å²) >= 11 is 0. The van der Waals surface area contributed by atoms with Crippen molar-refractivity contribution in [3.05, 3.63) is 51.7 Å². The summed E-state index contributed by atoms with van der Waals surface area (Å²) in [5.74, 6) is 0.392. The number of ether oxygens (including phenoxy) is 1. The molecule has 1 aliphatic rings. The Morgan fingerprint density at radius 3 is 2.92 bits per heavy atom. The zero-order valence-corrected chi connectivity index (χ0v) is 14.7. The van der Waals surface area contributed by atoms with Crippen LogP contribution in [-0.4, -0.2) is 27.5 Å². The molecule has 0 unspecified atom stereocenters. The fraction of sp³-hybridized carbons (Fsp3) is 0.556. The van der Waals surface area contributed by atoms with E-state index < -0.39 is 0 Å². The van der Waals surface area contributed by atoms with Crippen LogP contribution in [0.5, 0.6) is 0 Å². The van der Waals surface area contributed by atoms with Crippen molar-refractivity contribution in [3.8, 4) is 0 Å². The van der Waals surface area contributed by atoms with Crippen molar-refractivity contribution in [2.24, 2.45) is 20.0 Å². The van der Waals surface area contributed by atoms with Gasteiger partial charge in [-0.15, -0.1) is 0 Å². The third kappa shape index (κ3) is 3.44. The average molecular weight is 330 g/mol. The maximum Gasteiger partial charge on any atom is 0.254 e. The molecule has 0 saturated carbocycles. The van der Waals surface area contributed by atoms with Gasteiger partial charge in [0.15, 0.2) is 0 Å². The van der Waals surface area contributed by atoms with Crippen molar-refractivity contribution in [1.82, 2.24) is 19.7 Å². The molecule has 6 nitrogen and oxygen atoms in total. The van der Waals surface area contributed by atoms with Crippen LogP contribution in [0.3, 0.4) is 0 Å². The van der Waals surface area contributed by atoms with Crippen LogP contribution < -0.4 is 10.9 Å². The summed E-state index contributed by atoms with van der Waals surface area (Å²) in [6.07, 6.45) is 4.08. The van der Waals surface area contributed by atoms with Gasteiger partial charge in [0.2, 0.25) is 0 Å². The molecule has 2 atom stereocenters. The highest BCUT2D eigenvalue weighted by Gasteiger charge is 2.29. The molecule has 1 aliphatic heterocycles. The smallest absolute Gasteiger partial charge is 0.254 e. The third-order valence-electron chi connectivity index (χ3n) is 4.95. The number of aromatic nitrogens is 3. The van der Waals surface area contributed by atoms with Crippen molar-refractivity contribution in [3.63, 3.8) is 0 Å². The summed E-state index contributed by atoms with van der Waals surface area (Å²) in [5.41, 5.74) is 2.97. The lowest BCUT2D eigenvalue weighted by atomic mass is 9.92. The molecule has 6 heteroatoms. The number of aryl methyl sites for hydroxylation is 2. The number of hydrogen-bond donors (Lipinski definition) is 1. The number of nitrogens with zero attached hydrogens (tertiary/aromatic N) is 3. The third-order valence-corrected chi connectivity index (χ3v) is 4.95. The Kier molecular flexibility index (Phi) is 5.16. The molecule has 0 bridgehead atoms. The van der Waals surface area contributed by atoms with Crippen LogP contribution in [0.15, 0.2) is 29.2 Å². The maximum atomic E-state index is 12.3. The minimum absolute atomic E-state index is 0.0691. The molecule has 1 saturated heterocycles. The first-order chi connectivity index (χ1) is 11.6. The van der Waals surface area contributed by atoms with Gasteiger partial charge in [-0.2, -0.15) is 5.10 Å². The minimum atomic E-state index is 0.0691. The molecular formula is C18H26N4O2. The van der Waals surface area contributed by atoms with E-state index in [9.17, 15) is 4.79 Å². The second-order valence-electron chi connectivity index (χ2n) is 6.57. The zero-order chi connectivity index (χ0) is 17.1. The molecule has 1 N–H and O–H groups in total. The van der Waals surface area contributed by atoms with E-state index in [0.717, 1.165) is 42.9 Å². The number of rotatable bonds is 5. The second kappa shape index (κ2) is 7.32. The second-order valence-corrected chi connectivity index (χ2v) is 6.57. The normalized spacial score (nSPS) is 21.1. The van der Waals surface area contributed by atoms with Gasteiger partial charge in [0, 0.05) is 57.2 Å². The molecular weight excluding hydrogens is 304 g/mol. The van der Waals surface area contributed by atoms with Gasteiger partial charge in [-0.05, 0) is 31.9 Å². The largest absolute Gasteiger partial charge is 0.372 e. The molecule has 0 radical (unpaired) electrons. The molecule has 24 heavy (non-hydrogen) atoms. The predicted octanol–water partition coefficient (Wildman–Crippen LogP) is 1.68. The quantitative estimate of drug-likeness (QED) is 0.906. The van der Waals surface area contributed by atoms with Crippen molar-refractivity contribution in [2.75, 3.05) is 13.2 Å². The summed E-state index contributed by atoms with van der Waals surface area (Å²) in [5, 5.41) is 7.70. The predicted molar refractivity (Wildman–Crippen MR) is 92.8 cm³/mol. The highest BCUT2D eigenvalue weighted by molar-refractivity contribution is 5.15. The van der Waals surface area contributed by atoms with Crippen LogP contribution in [0.2, 0.25) is 0 Å². The lowest BCUT2D eigenvalue weighted by molar-refractivity contribution is -0.0323. The topological polar surface area (TPSA) is 61.1 Å². The van der Waals surface area contributed by atoms with Gasteiger partial charge in [0.1, 0.15) is 6.10 Å². The Morgan fingerprint density at radius 2 is 2.17 bits per heavy atom. The number of pyridine rings is 1. The standard InChI is InChI=1S/C18H26N4O2/c1-13-6-7-15(18(23)21(13)2)12-19-11-14-5-4-10-24-17(14)16-8-9-20-22(16)3/h6-9,14,17,19H,4-5,10-12H2,1-3H3/t14-,17+/m0/s1. The van der Waals surface area contributed by atoms with E-state index in [1.54, 1.807) is 4.57 Å². The Labute approximate surface area is 142 Å². The van der Waals surface area contributed by atoms with Crippen molar-refractivity contribution < 1.29 is 4.74 Å². The van der Waals surface area contributed by atoms with Crippen LogP contribution in [-0.2, 0) is 25.4 Å². The van der Waals surface area contributed by atoms with Gasteiger partial charge in [-0.25, -0.2) is 0 Å². The molecule has 1 fully saturated rings. The van der Waals surface area contributed by atoms with E-state index in [1.165, 1.54) is 0 Å². The van der Waals surface area contributed by atoms with Gasteiger partial charge >= 0.3 is 0 Å². The minimum Gasteiger partial charge on any atom is -0.372 e. The molecule has 130 valence electrons. The molecule has 0 spiro atoms. The molecule has 2 aromatic heterocycles. The molecule has 0 amide bonds.